The Morgan fingerprint density at radius 3 is 2.00 bits per heavy atom. The molecule has 0 aliphatic heterocycles. The summed E-state index contributed by atoms with van der Waals surface area (Å²) in [6.07, 6.45) is 0. The summed E-state index contributed by atoms with van der Waals surface area (Å²) in [4.78, 5) is 0. The molecule has 0 atom stereocenters. The number of halogens is 1. The van der Waals surface area contributed by atoms with E-state index in [-0.39, 0.29) is 11.8 Å². The summed E-state index contributed by atoms with van der Waals surface area (Å²) in [5.74, 6) is 0.405. The summed E-state index contributed by atoms with van der Waals surface area (Å²) in [6.45, 7) is 7.94. The molecule has 0 aliphatic rings. The van der Waals surface area contributed by atoms with Crippen LogP contribution < -0.4 is 0 Å². The second kappa shape index (κ2) is 6.17. The van der Waals surface area contributed by atoms with Gasteiger partial charge < -0.3 is 5.41 Å². The lowest BCUT2D eigenvalue weighted by Gasteiger charge is -2.12. The molecule has 0 spiro atoms. The van der Waals surface area contributed by atoms with E-state index in [1.54, 1.807) is 22.9 Å². The van der Waals surface area contributed by atoms with Crippen LogP contribution in [-0.4, -0.2) is 11.4 Å². The van der Waals surface area contributed by atoms with Crippen molar-refractivity contribution in [2.75, 3.05) is 0 Å². The highest BCUT2D eigenvalue weighted by atomic mass is 127. The summed E-state index contributed by atoms with van der Waals surface area (Å²) in [5, 5.41) is 15.2. The average Bonchev–Trinajstić information content (AvgIpc) is 2.04. The first-order valence-electron chi connectivity index (χ1n) is 4.18. The highest BCUT2D eigenvalue weighted by molar-refractivity contribution is 14.1. The molecule has 0 saturated heterocycles. The van der Waals surface area contributed by atoms with Gasteiger partial charge in [-0.3, -0.25) is 0 Å². The van der Waals surface area contributed by atoms with E-state index in [1.165, 1.54) is 0 Å². The fourth-order valence-electron chi connectivity index (χ4n) is 0.841. The highest BCUT2D eigenvalue weighted by Crippen LogP contribution is 2.07. The van der Waals surface area contributed by atoms with Gasteiger partial charge in [-0.05, 0) is 17.1 Å². The summed E-state index contributed by atoms with van der Waals surface area (Å²) < 4.78 is 3.51. The van der Waals surface area contributed by atoms with Crippen molar-refractivity contribution in [2.45, 2.75) is 27.7 Å². The topological polar surface area (TPSA) is 60.9 Å². The van der Waals surface area contributed by atoms with Gasteiger partial charge in [0.25, 0.3) is 0 Å². The van der Waals surface area contributed by atoms with Crippen molar-refractivity contribution in [3.8, 4) is 0 Å². The van der Waals surface area contributed by atoms with E-state index in [4.69, 9.17) is 5.41 Å². The molecule has 0 aromatic rings. The van der Waals surface area contributed by atoms with Crippen LogP contribution in [0.4, 0.5) is 0 Å². The molecule has 0 aromatic heterocycles. The largest absolute Gasteiger partial charge is 0.303 e. The van der Waals surface area contributed by atoms with E-state index in [0.717, 1.165) is 5.71 Å². The van der Waals surface area contributed by atoms with Gasteiger partial charge in [-0.25, -0.2) is 0 Å². The Hall–Kier alpha value is -0.330. The van der Waals surface area contributed by atoms with E-state index in [0.29, 0.717) is 5.71 Å². The zero-order valence-electron chi connectivity index (χ0n) is 8.37. The van der Waals surface area contributed by atoms with E-state index < -0.39 is 0 Å². The van der Waals surface area contributed by atoms with Crippen LogP contribution in [0.5, 0.6) is 0 Å². The Bertz CT molecular complexity index is 230. The lowest BCUT2D eigenvalue weighted by molar-refractivity contribution is 0.842. The van der Waals surface area contributed by atoms with Crippen LogP contribution in [0.2, 0.25) is 0 Å². The standard InChI is InChI=1S/C8H15IN4/c1-5(2)7(10)8(6(3)4)11-13-12-9/h5-6,10H,1-4H3/b10-7?,11-8-,13-12?. The SMILES string of the molecule is CC(C)C(=N)/C(=N\N=NI)C(C)C. The van der Waals surface area contributed by atoms with Crippen molar-refractivity contribution >= 4 is 34.3 Å². The molecule has 0 saturated carbocycles. The Kier molecular flexibility index (Phi) is 6.02. The average molecular weight is 294 g/mol. The van der Waals surface area contributed by atoms with Crippen molar-refractivity contribution in [1.82, 2.24) is 0 Å². The first kappa shape index (κ1) is 12.7. The van der Waals surface area contributed by atoms with E-state index in [1.807, 2.05) is 27.7 Å². The maximum Gasteiger partial charge on any atom is 0.113 e. The van der Waals surface area contributed by atoms with Crippen molar-refractivity contribution < 1.29 is 0 Å². The normalized spacial score (nSPS) is 13.3. The predicted octanol–water partition coefficient (Wildman–Crippen LogP) is 3.48. The van der Waals surface area contributed by atoms with E-state index in [9.17, 15) is 0 Å². The summed E-state index contributed by atoms with van der Waals surface area (Å²) in [5.41, 5.74) is 1.26. The van der Waals surface area contributed by atoms with Crippen LogP contribution in [0.3, 0.4) is 0 Å². The number of nitrogens with zero attached hydrogens (tertiary/aromatic N) is 3. The quantitative estimate of drug-likeness (QED) is 0.357. The number of rotatable bonds is 4. The molecular weight excluding hydrogens is 279 g/mol. The molecule has 0 amide bonds. The Morgan fingerprint density at radius 2 is 1.69 bits per heavy atom. The molecule has 0 aliphatic carbocycles. The smallest absolute Gasteiger partial charge is 0.113 e. The van der Waals surface area contributed by atoms with Gasteiger partial charge >= 0.3 is 0 Å². The lowest BCUT2D eigenvalue weighted by Crippen LogP contribution is -2.23. The lowest BCUT2D eigenvalue weighted by atomic mass is 9.96. The van der Waals surface area contributed by atoms with Gasteiger partial charge in [-0.2, -0.15) is 0 Å². The Labute approximate surface area is 92.9 Å². The first-order valence-corrected chi connectivity index (χ1v) is 5.14. The van der Waals surface area contributed by atoms with Crippen LogP contribution in [0.1, 0.15) is 27.7 Å². The van der Waals surface area contributed by atoms with Gasteiger partial charge in [-0.1, -0.05) is 31.0 Å². The molecule has 5 heteroatoms. The highest BCUT2D eigenvalue weighted by Gasteiger charge is 2.14. The summed E-state index contributed by atoms with van der Waals surface area (Å²) in [6, 6.07) is 0. The first-order chi connectivity index (χ1) is 6.00. The van der Waals surface area contributed by atoms with Gasteiger partial charge in [-0.15, -0.1) is 5.10 Å². The minimum absolute atomic E-state index is 0.186. The molecular formula is C8H15IN4. The van der Waals surface area contributed by atoms with Crippen LogP contribution >= 0.6 is 22.9 Å². The molecule has 0 fully saturated rings. The van der Waals surface area contributed by atoms with E-state index in [2.05, 4.69) is 13.7 Å². The second-order valence-corrected chi connectivity index (χ2v) is 3.80. The van der Waals surface area contributed by atoms with Gasteiger partial charge in [0.1, 0.15) is 22.9 Å². The predicted molar refractivity (Wildman–Crippen MR) is 63.7 cm³/mol. The summed E-state index contributed by atoms with van der Waals surface area (Å²) in [7, 11) is 0. The molecule has 0 rings (SSSR count). The van der Waals surface area contributed by atoms with Crippen LogP contribution in [0.15, 0.2) is 13.7 Å². The third-order valence-electron chi connectivity index (χ3n) is 1.59. The number of hydrogen-bond acceptors (Lipinski definition) is 3. The van der Waals surface area contributed by atoms with Crippen LogP contribution in [0.25, 0.3) is 0 Å². The molecule has 0 bridgehead atoms. The monoisotopic (exact) mass is 294 g/mol. The summed E-state index contributed by atoms with van der Waals surface area (Å²) >= 11 is 1.77. The van der Waals surface area contributed by atoms with Crippen molar-refractivity contribution in [2.24, 2.45) is 25.5 Å². The Balaban J connectivity index is 4.71. The molecule has 4 nitrogen and oxygen atoms in total. The fraction of sp³-hybridized carbons (Fsp3) is 0.750. The van der Waals surface area contributed by atoms with Crippen LogP contribution in [-0.2, 0) is 0 Å². The van der Waals surface area contributed by atoms with Gasteiger partial charge in [0.2, 0.25) is 0 Å². The third-order valence-corrected chi connectivity index (χ3v) is 1.78. The number of hydrogen-bond donors (Lipinski definition) is 1. The maximum atomic E-state index is 7.77. The van der Waals surface area contributed by atoms with Crippen molar-refractivity contribution in [1.29, 1.82) is 5.41 Å². The van der Waals surface area contributed by atoms with Crippen molar-refractivity contribution in [3.63, 3.8) is 0 Å². The maximum absolute atomic E-state index is 7.77. The molecule has 0 aromatic carbocycles. The minimum Gasteiger partial charge on any atom is -0.303 e. The molecule has 74 valence electrons. The minimum atomic E-state index is 0.186. The van der Waals surface area contributed by atoms with E-state index >= 15 is 0 Å². The zero-order valence-corrected chi connectivity index (χ0v) is 10.5. The fourth-order valence-corrected chi connectivity index (χ4v) is 0.938. The van der Waals surface area contributed by atoms with Crippen molar-refractivity contribution in [3.05, 3.63) is 0 Å². The molecule has 0 unspecified atom stereocenters. The molecule has 13 heavy (non-hydrogen) atoms. The third kappa shape index (κ3) is 4.44. The second-order valence-electron chi connectivity index (χ2n) is 3.37. The molecule has 1 N–H and O–H groups in total. The number of nitrogens with one attached hydrogen (secondary N) is 1. The van der Waals surface area contributed by atoms with Gasteiger partial charge in [0.05, 0.1) is 11.4 Å². The zero-order chi connectivity index (χ0) is 10.4. The van der Waals surface area contributed by atoms with Gasteiger partial charge in [0.15, 0.2) is 0 Å². The molecule has 0 radical (unpaired) electrons. The van der Waals surface area contributed by atoms with Crippen LogP contribution in [0, 0.1) is 17.2 Å². The van der Waals surface area contributed by atoms with Gasteiger partial charge in [0, 0.05) is 0 Å². The Morgan fingerprint density at radius 1 is 1.15 bits per heavy atom. The molecule has 0 heterocycles.